The van der Waals surface area contributed by atoms with Gasteiger partial charge in [-0.05, 0) is 25.5 Å². The maximum atomic E-state index is 10.3. The molecule has 0 spiro atoms. The smallest absolute Gasteiger partial charge is 0.199 e. The summed E-state index contributed by atoms with van der Waals surface area (Å²) >= 11 is 3.43. The SMILES string of the molecule is CC12CC=CC=C1C(=N)C(c1c(O)[nH]c3cc(Br)ccc13)=N2. The molecule has 2 heterocycles. The standard InChI is InChI=1S/C17H14BrN3O/c1-17-7-3-2-4-11(17)14(19)15(21-17)13-10-6-5-9(18)8-12(10)20-16(13)22/h2-6,8,19-20,22H,7H2,1H3. The second kappa shape index (κ2) is 4.43. The molecule has 1 atom stereocenters. The number of nitrogens with zero attached hydrogens (tertiary/aromatic N) is 1. The van der Waals surface area contributed by atoms with Crippen molar-refractivity contribution in [3.05, 3.63) is 52.0 Å². The highest BCUT2D eigenvalue weighted by Crippen LogP contribution is 2.40. The molecule has 0 amide bonds. The van der Waals surface area contributed by atoms with E-state index in [4.69, 9.17) is 10.4 Å². The molecule has 22 heavy (non-hydrogen) atoms. The molecule has 1 unspecified atom stereocenters. The molecule has 0 radical (unpaired) electrons. The zero-order valence-corrected chi connectivity index (χ0v) is 13.5. The van der Waals surface area contributed by atoms with Gasteiger partial charge in [0.2, 0.25) is 0 Å². The number of allylic oxidation sites excluding steroid dienone is 2. The van der Waals surface area contributed by atoms with Gasteiger partial charge in [0.05, 0.1) is 28.0 Å². The van der Waals surface area contributed by atoms with Crippen LogP contribution in [0.2, 0.25) is 0 Å². The summed E-state index contributed by atoms with van der Waals surface area (Å²) in [5.41, 5.74) is 2.91. The molecule has 0 bridgehead atoms. The van der Waals surface area contributed by atoms with Crippen LogP contribution in [0, 0.1) is 5.41 Å². The maximum absolute atomic E-state index is 10.3. The molecule has 0 saturated heterocycles. The van der Waals surface area contributed by atoms with Crippen LogP contribution in [-0.2, 0) is 0 Å². The van der Waals surface area contributed by atoms with Gasteiger partial charge in [0, 0.05) is 15.4 Å². The van der Waals surface area contributed by atoms with Crippen molar-refractivity contribution in [1.29, 1.82) is 5.41 Å². The molecule has 2 aliphatic rings. The third-order valence-electron chi connectivity index (χ3n) is 4.34. The predicted molar refractivity (Wildman–Crippen MR) is 92.2 cm³/mol. The summed E-state index contributed by atoms with van der Waals surface area (Å²) in [6.45, 7) is 2.03. The van der Waals surface area contributed by atoms with E-state index in [9.17, 15) is 5.11 Å². The Hall–Kier alpha value is -2.14. The summed E-state index contributed by atoms with van der Waals surface area (Å²) in [5.74, 6) is 0.0624. The quantitative estimate of drug-likeness (QED) is 0.707. The van der Waals surface area contributed by atoms with Crippen LogP contribution in [0.25, 0.3) is 10.9 Å². The molecule has 0 saturated carbocycles. The Morgan fingerprint density at radius 3 is 3.00 bits per heavy atom. The van der Waals surface area contributed by atoms with E-state index in [1.54, 1.807) is 0 Å². The number of H-pyrrole nitrogens is 1. The fourth-order valence-electron chi connectivity index (χ4n) is 3.22. The second-order valence-corrected chi connectivity index (χ2v) is 6.78. The molecule has 0 fully saturated rings. The van der Waals surface area contributed by atoms with Crippen molar-refractivity contribution in [3.8, 4) is 5.88 Å². The van der Waals surface area contributed by atoms with Crippen LogP contribution in [-0.4, -0.2) is 27.1 Å². The molecular formula is C17H14BrN3O. The average Bonchev–Trinajstić information content (AvgIpc) is 2.92. The Kier molecular flexibility index (Phi) is 2.72. The van der Waals surface area contributed by atoms with Crippen molar-refractivity contribution in [2.24, 2.45) is 4.99 Å². The first-order valence-corrected chi connectivity index (χ1v) is 7.86. The van der Waals surface area contributed by atoms with E-state index in [1.165, 1.54) is 0 Å². The summed E-state index contributed by atoms with van der Waals surface area (Å²) < 4.78 is 0.934. The minimum Gasteiger partial charge on any atom is -0.494 e. The number of rotatable bonds is 1. The first-order valence-electron chi connectivity index (χ1n) is 7.06. The lowest BCUT2D eigenvalue weighted by atomic mass is 9.84. The molecule has 1 aliphatic heterocycles. The normalized spacial score (nSPS) is 23.6. The number of hydrogen-bond donors (Lipinski definition) is 3. The molecule has 4 rings (SSSR count). The van der Waals surface area contributed by atoms with Gasteiger partial charge in [-0.2, -0.15) is 0 Å². The number of halogens is 1. The van der Waals surface area contributed by atoms with Crippen molar-refractivity contribution in [3.63, 3.8) is 0 Å². The van der Waals surface area contributed by atoms with Crippen LogP contribution in [0.15, 0.2) is 51.5 Å². The Morgan fingerprint density at radius 1 is 1.41 bits per heavy atom. The Morgan fingerprint density at radius 2 is 2.23 bits per heavy atom. The van der Waals surface area contributed by atoms with E-state index in [0.29, 0.717) is 17.0 Å². The average molecular weight is 356 g/mol. The third-order valence-corrected chi connectivity index (χ3v) is 4.83. The van der Waals surface area contributed by atoms with Crippen molar-refractivity contribution >= 4 is 38.3 Å². The minimum atomic E-state index is -0.396. The van der Waals surface area contributed by atoms with Gasteiger partial charge >= 0.3 is 0 Å². The number of hydrogen-bond acceptors (Lipinski definition) is 3. The lowest BCUT2D eigenvalue weighted by molar-refractivity contribution is 0.457. The second-order valence-electron chi connectivity index (χ2n) is 5.86. The number of benzene rings is 1. The molecule has 3 N–H and O–H groups in total. The van der Waals surface area contributed by atoms with Crippen LogP contribution in [0.4, 0.5) is 0 Å². The molecule has 5 heteroatoms. The Balaban J connectivity index is 1.95. The van der Waals surface area contributed by atoms with Crippen molar-refractivity contribution in [1.82, 2.24) is 4.98 Å². The zero-order chi connectivity index (χ0) is 15.5. The van der Waals surface area contributed by atoms with Crippen LogP contribution in [0.5, 0.6) is 5.88 Å². The number of aromatic nitrogens is 1. The molecule has 1 aliphatic carbocycles. The molecule has 2 aromatic rings. The molecular weight excluding hydrogens is 342 g/mol. The van der Waals surface area contributed by atoms with Gasteiger partial charge in [0.1, 0.15) is 0 Å². The van der Waals surface area contributed by atoms with E-state index >= 15 is 0 Å². The van der Waals surface area contributed by atoms with Gasteiger partial charge in [-0.3, -0.25) is 10.4 Å². The van der Waals surface area contributed by atoms with Crippen LogP contribution in [0.3, 0.4) is 0 Å². The monoisotopic (exact) mass is 355 g/mol. The maximum Gasteiger partial charge on any atom is 0.199 e. The lowest BCUT2D eigenvalue weighted by Crippen LogP contribution is -2.24. The van der Waals surface area contributed by atoms with Gasteiger partial charge in [-0.25, -0.2) is 0 Å². The number of nitrogens with one attached hydrogen (secondary N) is 2. The third kappa shape index (κ3) is 1.75. The first kappa shape index (κ1) is 13.5. The number of aromatic hydroxyl groups is 1. The fourth-order valence-corrected chi connectivity index (χ4v) is 3.58. The zero-order valence-electron chi connectivity index (χ0n) is 11.9. The highest BCUT2D eigenvalue weighted by atomic mass is 79.9. The fraction of sp³-hybridized carbons (Fsp3) is 0.176. The number of aliphatic imine (C=N–C) groups is 1. The van der Waals surface area contributed by atoms with Crippen LogP contribution in [0.1, 0.15) is 18.9 Å². The van der Waals surface area contributed by atoms with E-state index in [0.717, 1.165) is 27.4 Å². The Bertz CT molecular complexity index is 919. The summed E-state index contributed by atoms with van der Waals surface area (Å²) in [5, 5.41) is 19.7. The lowest BCUT2D eigenvalue weighted by Gasteiger charge is -2.23. The van der Waals surface area contributed by atoms with Crippen molar-refractivity contribution < 1.29 is 5.11 Å². The predicted octanol–water partition coefficient (Wildman–Crippen LogP) is 4.10. The van der Waals surface area contributed by atoms with E-state index in [-0.39, 0.29) is 5.88 Å². The highest BCUT2D eigenvalue weighted by Gasteiger charge is 2.40. The summed E-state index contributed by atoms with van der Waals surface area (Å²) in [4.78, 5) is 7.75. The van der Waals surface area contributed by atoms with E-state index in [2.05, 4.69) is 27.0 Å². The molecule has 4 nitrogen and oxygen atoms in total. The molecule has 110 valence electrons. The number of aromatic amines is 1. The number of fused-ring (bicyclic) bond motifs is 2. The summed E-state index contributed by atoms with van der Waals surface area (Å²) in [6, 6.07) is 5.76. The van der Waals surface area contributed by atoms with Gasteiger partial charge in [0.15, 0.2) is 5.88 Å². The largest absolute Gasteiger partial charge is 0.494 e. The van der Waals surface area contributed by atoms with E-state index < -0.39 is 5.54 Å². The first-order chi connectivity index (χ1) is 10.5. The summed E-state index contributed by atoms with van der Waals surface area (Å²) in [7, 11) is 0. The topological polar surface area (TPSA) is 72.2 Å². The minimum absolute atomic E-state index is 0.0624. The highest BCUT2D eigenvalue weighted by molar-refractivity contribution is 9.10. The van der Waals surface area contributed by atoms with Gasteiger partial charge < -0.3 is 10.1 Å². The van der Waals surface area contributed by atoms with E-state index in [1.807, 2.05) is 37.3 Å². The van der Waals surface area contributed by atoms with Gasteiger partial charge in [0.25, 0.3) is 0 Å². The van der Waals surface area contributed by atoms with Gasteiger partial charge in [-0.1, -0.05) is 40.2 Å². The molecule has 1 aromatic heterocycles. The van der Waals surface area contributed by atoms with Crippen molar-refractivity contribution in [2.45, 2.75) is 18.9 Å². The Labute approximate surface area is 135 Å². The van der Waals surface area contributed by atoms with Crippen LogP contribution < -0.4 is 0 Å². The van der Waals surface area contributed by atoms with Crippen molar-refractivity contribution in [2.75, 3.05) is 0 Å². The van der Waals surface area contributed by atoms with Gasteiger partial charge in [-0.15, -0.1) is 0 Å². The summed E-state index contributed by atoms with van der Waals surface area (Å²) in [6.07, 6.45) is 6.76. The molecule has 1 aromatic carbocycles. The van der Waals surface area contributed by atoms with Crippen LogP contribution >= 0.6 is 15.9 Å².